The molecule has 0 saturated heterocycles. The molecular weight excluding hydrogens is 268 g/mol. The number of nitrogens with one attached hydrogen (secondary N) is 2. The van der Waals surface area contributed by atoms with Gasteiger partial charge in [-0.1, -0.05) is 13.0 Å². The summed E-state index contributed by atoms with van der Waals surface area (Å²) in [6.07, 6.45) is 1.90. The van der Waals surface area contributed by atoms with Crippen molar-refractivity contribution in [1.29, 1.82) is 0 Å². The summed E-state index contributed by atoms with van der Waals surface area (Å²) >= 11 is 1.69. The Morgan fingerprint density at radius 2 is 2.35 bits per heavy atom. The number of carbonyl (C=O) groups is 1. The lowest BCUT2D eigenvalue weighted by atomic mass is 10.1. The van der Waals surface area contributed by atoms with Crippen LogP contribution in [-0.4, -0.2) is 12.5 Å². The third-order valence-electron chi connectivity index (χ3n) is 3.68. The summed E-state index contributed by atoms with van der Waals surface area (Å²) in [6.45, 7) is 3.06. The van der Waals surface area contributed by atoms with Crippen molar-refractivity contribution in [2.75, 3.05) is 11.9 Å². The van der Waals surface area contributed by atoms with Crippen molar-refractivity contribution in [3.8, 4) is 0 Å². The second kappa shape index (κ2) is 5.67. The lowest BCUT2D eigenvalue weighted by Gasteiger charge is -2.15. The number of benzene rings is 1. The Morgan fingerprint density at radius 1 is 1.45 bits per heavy atom. The van der Waals surface area contributed by atoms with Crippen molar-refractivity contribution < 1.29 is 4.79 Å². The van der Waals surface area contributed by atoms with Crippen molar-refractivity contribution in [3.05, 3.63) is 51.7 Å². The highest BCUT2D eigenvalue weighted by Gasteiger charge is 2.17. The number of rotatable bonds is 4. The van der Waals surface area contributed by atoms with Gasteiger partial charge in [-0.2, -0.15) is 0 Å². The minimum Gasteiger partial charge on any atom is -0.384 e. The van der Waals surface area contributed by atoms with Gasteiger partial charge in [0.25, 0.3) is 5.91 Å². The molecule has 0 spiro atoms. The first-order chi connectivity index (χ1) is 9.78. The van der Waals surface area contributed by atoms with Crippen LogP contribution in [0.25, 0.3) is 0 Å². The molecule has 3 nitrogen and oxygen atoms in total. The summed E-state index contributed by atoms with van der Waals surface area (Å²) in [5, 5.41) is 8.49. The molecule has 0 fully saturated rings. The first kappa shape index (κ1) is 13.2. The molecule has 2 aromatic rings. The average molecular weight is 286 g/mol. The van der Waals surface area contributed by atoms with Gasteiger partial charge in [-0.15, -0.1) is 11.3 Å². The monoisotopic (exact) mass is 286 g/mol. The number of anilines is 1. The molecule has 1 aromatic heterocycles. The molecule has 104 valence electrons. The molecule has 3 rings (SSSR count). The number of thiophene rings is 1. The van der Waals surface area contributed by atoms with Gasteiger partial charge in [0.1, 0.15) is 0 Å². The van der Waals surface area contributed by atoms with Crippen LogP contribution in [0.2, 0.25) is 0 Å². The number of carbonyl (C=O) groups excluding carboxylic acids is 1. The smallest absolute Gasteiger partial charge is 0.251 e. The van der Waals surface area contributed by atoms with Crippen LogP contribution in [0, 0.1) is 0 Å². The highest BCUT2D eigenvalue weighted by atomic mass is 32.1. The van der Waals surface area contributed by atoms with Gasteiger partial charge in [-0.3, -0.25) is 4.79 Å². The molecule has 0 aliphatic carbocycles. The van der Waals surface area contributed by atoms with Crippen LogP contribution in [0.3, 0.4) is 0 Å². The van der Waals surface area contributed by atoms with E-state index < -0.39 is 0 Å². The van der Waals surface area contributed by atoms with E-state index in [0.29, 0.717) is 0 Å². The minimum atomic E-state index is 0.0138. The van der Waals surface area contributed by atoms with E-state index in [-0.39, 0.29) is 11.9 Å². The zero-order valence-corrected chi connectivity index (χ0v) is 12.3. The first-order valence-electron chi connectivity index (χ1n) is 6.99. The largest absolute Gasteiger partial charge is 0.384 e. The van der Waals surface area contributed by atoms with Crippen LogP contribution < -0.4 is 10.6 Å². The van der Waals surface area contributed by atoms with E-state index in [1.165, 1.54) is 10.4 Å². The SMILES string of the molecule is CCC(NC(=O)c1ccc2c(c1)CCN2)c1cccs1. The van der Waals surface area contributed by atoms with Crippen LogP contribution in [-0.2, 0) is 6.42 Å². The molecule has 20 heavy (non-hydrogen) atoms. The number of hydrogen-bond acceptors (Lipinski definition) is 3. The molecule has 1 aliphatic rings. The Kier molecular flexibility index (Phi) is 3.74. The van der Waals surface area contributed by atoms with Crippen molar-refractivity contribution in [1.82, 2.24) is 5.32 Å². The Bertz CT molecular complexity index is 607. The molecule has 4 heteroatoms. The summed E-state index contributed by atoms with van der Waals surface area (Å²) in [5.74, 6) is 0.0138. The lowest BCUT2D eigenvalue weighted by molar-refractivity contribution is 0.0936. The van der Waals surface area contributed by atoms with Crippen LogP contribution >= 0.6 is 11.3 Å². The normalized spacial score (nSPS) is 14.4. The Labute approximate surface area is 123 Å². The average Bonchev–Trinajstić information content (AvgIpc) is 3.14. The van der Waals surface area contributed by atoms with Crippen LogP contribution in [0.4, 0.5) is 5.69 Å². The number of fused-ring (bicyclic) bond motifs is 1. The molecule has 1 atom stereocenters. The maximum absolute atomic E-state index is 12.4. The van der Waals surface area contributed by atoms with E-state index in [4.69, 9.17) is 0 Å². The van der Waals surface area contributed by atoms with E-state index in [0.717, 1.165) is 30.6 Å². The van der Waals surface area contributed by atoms with Gasteiger partial charge >= 0.3 is 0 Å². The third kappa shape index (κ3) is 2.56. The van der Waals surface area contributed by atoms with Crippen molar-refractivity contribution in [2.45, 2.75) is 25.8 Å². The van der Waals surface area contributed by atoms with Crippen molar-refractivity contribution in [2.24, 2.45) is 0 Å². The highest BCUT2D eigenvalue weighted by Crippen LogP contribution is 2.25. The Hall–Kier alpha value is -1.81. The van der Waals surface area contributed by atoms with Gasteiger partial charge in [-0.05, 0) is 48.1 Å². The summed E-state index contributed by atoms with van der Waals surface area (Å²) in [5.41, 5.74) is 3.15. The standard InChI is InChI=1S/C16H18N2OS/c1-2-13(15-4-3-9-20-15)18-16(19)12-5-6-14-11(10-12)7-8-17-14/h3-6,9-10,13,17H,2,7-8H2,1H3,(H,18,19). The first-order valence-corrected chi connectivity index (χ1v) is 7.87. The molecule has 2 N–H and O–H groups in total. The predicted octanol–water partition coefficient (Wildman–Crippen LogP) is 3.60. The Balaban J connectivity index is 1.75. The maximum Gasteiger partial charge on any atom is 0.251 e. The third-order valence-corrected chi connectivity index (χ3v) is 4.66. The molecular formula is C16H18N2OS. The van der Waals surface area contributed by atoms with Crippen LogP contribution in [0.5, 0.6) is 0 Å². The van der Waals surface area contributed by atoms with E-state index >= 15 is 0 Å². The second-order valence-corrected chi connectivity index (χ2v) is 5.98. The van der Waals surface area contributed by atoms with Crippen LogP contribution in [0.1, 0.15) is 40.2 Å². The van der Waals surface area contributed by atoms with E-state index in [1.54, 1.807) is 11.3 Å². The predicted molar refractivity (Wildman–Crippen MR) is 83.5 cm³/mol. The molecule has 1 amide bonds. The maximum atomic E-state index is 12.4. The molecule has 0 radical (unpaired) electrons. The molecule has 0 bridgehead atoms. The summed E-state index contributed by atoms with van der Waals surface area (Å²) < 4.78 is 0. The zero-order chi connectivity index (χ0) is 13.9. The summed E-state index contributed by atoms with van der Waals surface area (Å²) in [6, 6.07) is 10.1. The fourth-order valence-corrected chi connectivity index (χ4v) is 3.41. The van der Waals surface area contributed by atoms with Crippen molar-refractivity contribution >= 4 is 22.9 Å². The highest BCUT2D eigenvalue weighted by molar-refractivity contribution is 7.10. The van der Waals surface area contributed by atoms with Gasteiger partial charge in [0.2, 0.25) is 0 Å². The number of hydrogen-bond donors (Lipinski definition) is 2. The van der Waals surface area contributed by atoms with Gasteiger partial charge in [-0.25, -0.2) is 0 Å². The van der Waals surface area contributed by atoms with Gasteiger partial charge in [0, 0.05) is 22.7 Å². The topological polar surface area (TPSA) is 41.1 Å². The van der Waals surface area contributed by atoms with E-state index in [1.807, 2.05) is 29.6 Å². The Morgan fingerprint density at radius 3 is 3.10 bits per heavy atom. The van der Waals surface area contributed by atoms with Crippen LogP contribution in [0.15, 0.2) is 35.7 Å². The zero-order valence-electron chi connectivity index (χ0n) is 11.5. The minimum absolute atomic E-state index is 0.0138. The molecule has 0 saturated carbocycles. The summed E-state index contributed by atoms with van der Waals surface area (Å²) in [7, 11) is 0. The fraction of sp³-hybridized carbons (Fsp3) is 0.312. The molecule has 1 aliphatic heterocycles. The molecule has 1 unspecified atom stereocenters. The van der Waals surface area contributed by atoms with Gasteiger partial charge in [0.15, 0.2) is 0 Å². The van der Waals surface area contributed by atoms with Crippen molar-refractivity contribution in [3.63, 3.8) is 0 Å². The fourth-order valence-electron chi connectivity index (χ4n) is 2.55. The van der Waals surface area contributed by atoms with E-state index in [2.05, 4.69) is 23.6 Å². The van der Waals surface area contributed by atoms with E-state index in [9.17, 15) is 4.79 Å². The number of amides is 1. The van der Waals surface area contributed by atoms with Gasteiger partial charge in [0.05, 0.1) is 6.04 Å². The summed E-state index contributed by atoms with van der Waals surface area (Å²) in [4.78, 5) is 13.6. The second-order valence-electron chi connectivity index (χ2n) is 5.00. The molecule has 1 aromatic carbocycles. The van der Waals surface area contributed by atoms with Gasteiger partial charge < -0.3 is 10.6 Å². The lowest BCUT2D eigenvalue weighted by Crippen LogP contribution is -2.27. The quantitative estimate of drug-likeness (QED) is 0.901. The molecule has 2 heterocycles.